The predicted molar refractivity (Wildman–Crippen MR) is 153 cm³/mol. The molecule has 4 aromatic rings. The van der Waals surface area contributed by atoms with Gasteiger partial charge in [-0.3, -0.25) is 9.78 Å². The maximum absolute atomic E-state index is 12.3. The fourth-order valence-corrected chi connectivity index (χ4v) is 5.07. The Balaban J connectivity index is 1.57. The maximum atomic E-state index is 12.3. The highest BCUT2D eigenvalue weighted by atomic mass is 79.9. The van der Waals surface area contributed by atoms with Crippen LogP contribution in [0, 0.1) is 0 Å². The molecule has 3 heterocycles. The molecule has 0 spiro atoms. The zero-order chi connectivity index (χ0) is 26.6. The van der Waals surface area contributed by atoms with E-state index < -0.39 is 0 Å². The Morgan fingerprint density at radius 3 is 2.66 bits per heavy atom. The maximum Gasteiger partial charge on any atom is 0.250 e. The summed E-state index contributed by atoms with van der Waals surface area (Å²) >= 11 is 9.31. The van der Waals surface area contributed by atoms with E-state index in [1.807, 2.05) is 71.6 Å². The summed E-state index contributed by atoms with van der Waals surface area (Å²) in [5, 5.41) is 6.78. The second kappa shape index (κ2) is 11.3. The van der Waals surface area contributed by atoms with Crippen LogP contribution in [0.2, 0.25) is 0 Å². The van der Waals surface area contributed by atoms with Crippen LogP contribution in [0.1, 0.15) is 23.5 Å². The molecule has 10 heteroatoms. The first kappa shape index (κ1) is 25.9. The number of rotatable bonds is 8. The summed E-state index contributed by atoms with van der Waals surface area (Å²) in [6.45, 7) is -0.0767. The number of carbonyl (C=O) groups excluding carboxylic acids is 1. The third-order valence-electron chi connectivity index (χ3n) is 6.16. The van der Waals surface area contributed by atoms with Gasteiger partial charge in [0.2, 0.25) is 5.91 Å². The molecule has 0 bridgehead atoms. The molecule has 38 heavy (non-hydrogen) atoms. The molecule has 2 atom stereocenters. The number of nitrogens with one attached hydrogen (secondary N) is 2. The Morgan fingerprint density at radius 2 is 1.95 bits per heavy atom. The molecule has 2 aromatic heterocycles. The van der Waals surface area contributed by atoms with Gasteiger partial charge in [-0.05, 0) is 66.8 Å². The first-order chi connectivity index (χ1) is 18.5. The number of thiocarbonyl (C=S) groups is 1. The molecule has 0 saturated carbocycles. The molecule has 2 N–H and O–H groups in total. The first-order valence-electron chi connectivity index (χ1n) is 11.8. The van der Waals surface area contributed by atoms with E-state index in [1.165, 1.54) is 7.11 Å². The minimum absolute atomic E-state index is 0.0767. The Labute approximate surface area is 234 Å². The highest BCUT2D eigenvalue weighted by molar-refractivity contribution is 9.10. The van der Waals surface area contributed by atoms with Gasteiger partial charge in [0.15, 0.2) is 5.11 Å². The minimum Gasteiger partial charge on any atom is -0.495 e. The number of anilines is 2. The lowest BCUT2D eigenvalue weighted by molar-refractivity contribution is -0.119. The lowest BCUT2D eigenvalue weighted by Crippen LogP contribution is -2.29. The molecule has 2 aromatic carbocycles. The SMILES string of the molecule is COCC(=O)Nc1cc(N2C(=S)N[C@H](c3ccccn3)[C@@H]2c2ccc(-c3ccc(Br)cc3)o2)ccc1OC. The van der Waals surface area contributed by atoms with Crippen molar-refractivity contribution in [3.8, 4) is 17.1 Å². The summed E-state index contributed by atoms with van der Waals surface area (Å²) in [5.74, 6) is 1.68. The van der Waals surface area contributed by atoms with E-state index >= 15 is 0 Å². The fourth-order valence-electron chi connectivity index (χ4n) is 4.46. The van der Waals surface area contributed by atoms with Crippen LogP contribution in [-0.4, -0.2) is 36.8 Å². The number of methoxy groups -OCH3 is 2. The van der Waals surface area contributed by atoms with Crippen LogP contribution in [0.25, 0.3) is 11.3 Å². The zero-order valence-corrected chi connectivity index (χ0v) is 23.1. The number of amides is 1. The van der Waals surface area contributed by atoms with Crippen LogP contribution >= 0.6 is 28.1 Å². The smallest absolute Gasteiger partial charge is 0.250 e. The van der Waals surface area contributed by atoms with Crippen molar-refractivity contribution in [3.63, 3.8) is 0 Å². The van der Waals surface area contributed by atoms with Crippen molar-refractivity contribution in [1.29, 1.82) is 0 Å². The van der Waals surface area contributed by atoms with Crippen molar-refractivity contribution in [1.82, 2.24) is 10.3 Å². The summed E-state index contributed by atoms with van der Waals surface area (Å²) < 4.78 is 17.9. The molecule has 1 fully saturated rings. The van der Waals surface area contributed by atoms with Gasteiger partial charge in [-0.25, -0.2) is 0 Å². The Bertz CT molecular complexity index is 1450. The van der Waals surface area contributed by atoms with Crippen LogP contribution in [0.4, 0.5) is 11.4 Å². The molecule has 194 valence electrons. The summed E-state index contributed by atoms with van der Waals surface area (Å²) in [4.78, 5) is 18.9. The number of nitrogens with zero attached hydrogens (tertiary/aromatic N) is 2. The average Bonchev–Trinajstić information content (AvgIpc) is 3.54. The number of pyridine rings is 1. The Morgan fingerprint density at radius 1 is 1.13 bits per heavy atom. The van der Waals surface area contributed by atoms with Crippen LogP contribution in [-0.2, 0) is 9.53 Å². The number of halogens is 1. The fraction of sp³-hybridized carbons (Fsp3) is 0.179. The molecule has 0 unspecified atom stereocenters. The number of aromatic nitrogens is 1. The topological polar surface area (TPSA) is 88.9 Å². The molecule has 1 saturated heterocycles. The summed E-state index contributed by atoms with van der Waals surface area (Å²) in [5.41, 5.74) is 3.04. The van der Waals surface area contributed by atoms with Crippen molar-refractivity contribution >= 4 is 50.5 Å². The second-order valence-electron chi connectivity index (χ2n) is 8.57. The van der Waals surface area contributed by atoms with Gasteiger partial charge in [-0.15, -0.1) is 0 Å². The quantitative estimate of drug-likeness (QED) is 0.245. The van der Waals surface area contributed by atoms with Crippen molar-refractivity contribution in [2.24, 2.45) is 0 Å². The van der Waals surface area contributed by atoms with E-state index in [0.717, 1.165) is 27.2 Å². The normalized spacial score (nSPS) is 16.8. The van der Waals surface area contributed by atoms with E-state index in [2.05, 4.69) is 31.5 Å². The Hall–Kier alpha value is -3.73. The molecule has 1 amide bonds. The Kier molecular flexibility index (Phi) is 7.73. The van der Waals surface area contributed by atoms with Gasteiger partial charge in [0.1, 0.15) is 29.9 Å². The number of furan rings is 1. The summed E-state index contributed by atoms with van der Waals surface area (Å²) in [6.07, 6.45) is 1.76. The highest BCUT2D eigenvalue weighted by Crippen LogP contribution is 2.44. The third kappa shape index (κ3) is 5.28. The highest BCUT2D eigenvalue weighted by Gasteiger charge is 2.42. The largest absolute Gasteiger partial charge is 0.495 e. The zero-order valence-electron chi connectivity index (χ0n) is 20.7. The first-order valence-corrected chi connectivity index (χ1v) is 13.0. The summed E-state index contributed by atoms with van der Waals surface area (Å²) in [7, 11) is 3.02. The van der Waals surface area contributed by atoms with Crippen LogP contribution in [0.15, 0.2) is 87.9 Å². The second-order valence-corrected chi connectivity index (χ2v) is 9.87. The molecule has 0 radical (unpaired) electrons. The summed E-state index contributed by atoms with van der Waals surface area (Å²) in [6, 6.07) is 22.5. The van der Waals surface area contributed by atoms with E-state index in [4.69, 9.17) is 26.1 Å². The molecular weight excluding hydrogens is 568 g/mol. The van der Waals surface area contributed by atoms with Crippen molar-refractivity contribution < 1.29 is 18.7 Å². The van der Waals surface area contributed by atoms with Gasteiger partial charge < -0.3 is 29.4 Å². The third-order valence-corrected chi connectivity index (χ3v) is 7.00. The van der Waals surface area contributed by atoms with Gasteiger partial charge in [0.05, 0.1) is 24.5 Å². The number of benzene rings is 2. The molecule has 8 nitrogen and oxygen atoms in total. The molecule has 1 aliphatic rings. The van der Waals surface area contributed by atoms with Gasteiger partial charge >= 0.3 is 0 Å². The molecule has 5 rings (SSSR count). The number of carbonyl (C=O) groups is 1. The lowest BCUT2D eigenvalue weighted by Gasteiger charge is -2.27. The molecular formula is C28H25BrN4O4S. The van der Waals surface area contributed by atoms with E-state index in [9.17, 15) is 4.79 Å². The number of hydrogen-bond donors (Lipinski definition) is 2. The standard InChI is InChI=1S/C28H25BrN4O4S/c1-35-16-25(34)31-21-15-19(10-11-23(21)36-2)33-27(26(32-28(33)38)20-5-3-4-14-30-20)24-13-12-22(37-24)17-6-8-18(29)9-7-17/h3-15,26-27H,16H2,1-2H3,(H,31,34)(H,32,38)/t26-,27+/m1/s1. The lowest BCUT2D eigenvalue weighted by atomic mass is 10.0. The van der Waals surface area contributed by atoms with Crippen molar-refractivity contribution in [3.05, 3.63) is 94.9 Å². The van der Waals surface area contributed by atoms with Gasteiger partial charge in [-0.2, -0.15) is 0 Å². The average molecular weight is 594 g/mol. The minimum atomic E-state index is -0.350. The van der Waals surface area contributed by atoms with Crippen LogP contribution in [0.3, 0.4) is 0 Å². The number of ether oxygens (including phenoxy) is 2. The predicted octanol–water partition coefficient (Wildman–Crippen LogP) is 5.87. The van der Waals surface area contributed by atoms with Gasteiger partial charge in [-0.1, -0.05) is 34.1 Å². The van der Waals surface area contributed by atoms with Crippen molar-refractivity contribution in [2.75, 3.05) is 31.0 Å². The van der Waals surface area contributed by atoms with Crippen molar-refractivity contribution in [2.45, 2.75) is 12.1 Å². The van der Waals surface area contributed by atoms with Crippen LogP contribution in [0.5, 0.6) is 5.75 Å². The van der Waals surface area contributed by atoms with Gasteiger partial charge in [0, 0.05) is 29.0 Å². The monoisotopic (exact) mass is 592 g/mol. The molecule has 0 aliphatic carbocycles. The van der Waals surface area contributed by atoms with E-state index in [0.29, 0.717) is 22.3 Å². The van der Waals surface area contributed by atoms with E-state index in [-0.39, 0.29) is 24.6 Å². The molecule has 1 aliphatic heterocycles. The van der Waals surface area contributed by atoms with Crippen LogP contribution < -0.4 is 20.3 Å². The number of hydrogen-bond acceptors (Lipinski definition) is 6. The van der Waals surface area contributed by atoms with Gasteiger partial charge in [0.25, 0.3) is 0 Å². The van der Waals surface area contributed by atoms with E-state index in [1.54, 1.807) is 19.4 Å².